The molecule has 1 saturated heterocycles. The van der Waals surface area contributed by atoms with Gasteiger partial charge in [-0.15, -0.1) is 0 Å². The average Bonchev–Trinajstić information content (AvgIpc) is 2.63. The van der Waals surface area contributed by atoms with Gasteiger partial charge in [-0.05, 0) is 24.5 Å². The number of nitrogens with zero attached hydrogens (tertiary/aromatic N) is 1. The molecule has 0 bridgehead atoms. The summed E-state index contributed by atoms with van der Waals surface area (Å²) in [6.45, 7) is 11.3. The molecule has 1 amide bonds. The Morgan fingerprint density at radius 2 is 1.85 bits per heavy atom. The molecule has 0 unspecified atom stereocenters. The molecule has 0 aromatic heterocycles. The molecule has 1 aromatic carbocycles. The second-order valence-corrected chi connectivity index (χ2v) is 7.71. The van der Waals surface area contributed by atoms with Crippen molar-refractivity contribution in [1.29, 1.82) is 5.26 Å². The molecule has 140 valence electrons. The minimum absolute atomic E-state index is 0.0230. The van der Waals surface area contributed by atoms with E-state index in [1.165, 1.54) is 10.5 Å². The highest BCUT2D eigenvalue weighted by atomic mass is 16.2. The first-order valence-electron chi connectivity index (χ1n) is 9.54. The van der Waals surface area contributed by atoms with E-state index in [0.717, 1.165) is 32.7 Å². The van der Waals surface area contributed by atoms with Crippen LogP contribution in [0.2, 0.25) is 0 Å². The van der Waals surface area contributed by atoms with Crippen molar-refractivity contribution in [2.24, 2.45) is 5.92 Å². The van der Waals surface area contributed by atoms with Gasteiger partial charge in [-0.1, -0.05) is 50.3 Å². The Morgan fingerprint density at radius 1 is 1.23 bits per heavy atom. The number of amides is 1. The second-order valence-electron chi connectivity index (χ2n) is 7.71. The van der Waals surface area contributed by atoms with Crippen LogP contribution in [-0.4, -0.2) is 50.7 Å². The number of piperazine rings is 1. The second kappa shape index (κ2) is 9.51. The SMILES string of the molecule is CC(C)[C@](C)(C#N)NC(=O)C[NH+]1CC[NH+](C/C=C/c2ccccc2)CC1. The Hall–Kier alpha value is -2.16. The Kier molecular flexibility index (Phi) is 7.38. The van der Waals surface area contributed by atoms with Gasteiger partial charge in [0.1, 0.15) is 31.7 Å². The molecular formula is C21H32N4O+2. The van der Waals surface area contributed by atoms with Gasteiger partial charge in [-0.25, -0.2) is 0 Å². The molecule has 1 heterocycles. The van der Waals surface area contributed by atoms with Crippen LogP contribution < -0.4 is 15.1 Å². The van der Waals surface area contributed by atoms with Crippen molar-refractivity contribution in [3.05, 3.63) is 42.0 Å². The minimum atomic E-state index is -0.786. The Morgan fingerprint density at radius 3 is 2.42 bits per heavy atom. The third kappa shape index (κ3) is 5.98. The van der Waals surface area contributed by atoms with Gasteiger partial charge in [0.15, 0.2) is 6.54 Å². The summed E-state index contributed by atoms with van der Waals surface area (Å²) in [5, 5.41) is 12.2. The fraction of sp³-hybridized carbons (Fsp3) is 0.524. The van der Waals surface area contributed by atoms with E-state index in [1.807, 2.05) is 19.9 Å². The minimum Gasteiger partial charge on any atom is -0.333 e. The molecule has 1 aliphatic heterocycles. The van der Waals surface area contributed by atoms with Crippen molar-refractivity contribution in [2.45, 2.75) is 26.3 Å². The number of hydrogen-bond donors (Lipinski definition) is 3. The number of hydrogen-bond acceptors (Lipinski definition) is 2. The number of carbonyl (C=O) groups is 1. The molecule has 5 nitrogen and oxygen atoms in total. The molecular weight excluding hydrogens is 324 g/mol. The van der Waals surface area contributed by atoms with E-state index in [2.05, 4.69) is 47.8 Å². The molecule has 1 atom stereocenters. The van der Waals surface area contributed by atoms with Crippen molar-refractivity contribution < 1.29 is 14.6 Å². The summed E-state index contributed by atoms with van der Waals surface area (Å²) in [5.41, 5.74) is 0.449. The van der Waals surface area contributed by atoms with E-state index in [1.54, 1.807) is 11.8 Å². The maximum Gasteiger partial charge on any atom is 0.276 e. The average molecular weight is 357 g/mol. The molecule has 26 heavy (non-hydrogen) atoms. The van der Waals surface area contributed by atoms with Crippen molar-refractivity contribution in [3.8, 4) is 6.07 Å². The molecule has 1 aromatic rings. The highest BCUT2D eigenvalue weighted by Gasteiger charge is 2.32. The molecule has 0 saturated carbocycles. The van der Waals surface area contributed by atoms with Crippen molar-refractivity contribution in [3.63, 3.8) is 0 Å². The highest BCUT2D eigenvalue weighted by Crippen LogP contribution is 2.14. The molecule has 3 N–H and O–H groups in total. The van der Waals surface area contributed by atoms with Crippen LogP contribution in [0.25, 0.3) is 6.08 Å². The van der Waals surface area contributed by atoms with Gasteiger partial charge >= 0.3 is 0 Å². The van der Waals surface area contributed by atoms with E-state index in [0.29, 0.717) is 6.54 Å². The van der Waals surface area contributed by atoms with Crippen LogP contribution in [0.1, 0.15) is 26.3 Å². The van der Waals surface area contributed by atoms with Gasteiger partial charge in [-0.2, -0.15) is 5.26 Å². The summed E-state index contributed by atoms with van der Waals surface area (Å²) in [6, 6.07) is 12.6. The zero-order chi connectivity index (χ0) is 19.0. The smallest absolute Gasteiger partial charge is 0.276 e. The van der Waals surface area contributed by atoms with Crippen LogP contribution >= 0.6 is 0 Å². The van der Waals surface area contributed by atoms with Gasteiger partial charge in [0.2, 0.25) is 0 Å². The third-order valence-corrected chi connectivity index (χ3v) is 5.38. The number of quaternary nitrogens is 2. The summed E-state index contributed by atoms with van der Waals surface area (Å²) in [5.74, 6) is 0.0642. The molecule has 0 spiro atoms. The van der Waals surface area contributed by atoms with E-state index in [9.17, 15) is 10.1 Å². The summed E-state index contributed by atoms with van der Waals surface area (Å²) < 4.78 is 0. The highest BCUT2D eigenvalue weighted by molar-refractivity contribution is 5.78. The normalized spacial score (nSPS) is 22.7. The lowest BCUT2D eigenvalue weighted by molar-refractivity contribution is -1.01. The quantitative estimate of drug-likeness (QED) is 0.619. The maximum absolute atomic E-state index is 12.3. The predicted molar refractivity (Wildman–Crippen MR) is 104 cm³/mol. The van der Waals surface area contributed by atoms with Gasteiger partial charge in [0.05, 0.1) is 12.6 Å². The van der Waals surface area contributed by atoms with Gasteiger partial charge in [0, 0.05) is 0 Å². The number of benzene rings is 1. The van der Waals surface area contributed by atoms with E-state index >= 15 is 0 Å². The standard InChI is InChI=1S/C21H30N4O/c1-18(2)21(3,17-22)23-20(26)16-25-14-12-24(13-15-25)11-7-10-19-8-5-4-6-9-19/h4-10,18H,11-16H2,1-3H3,(H,23,26)/p+2/b10-7+/t21-/m0/s1. The lowest BCUT2D eigenvalue weighted by atomic mass is 9.90. The van der Waals surface area contributed by atoms with Crippen LogP contribution in [0.3, 0.4) is 0 Å². The third-order valence-electron chi connectivity index (χ3n) is 5.38. The zero-order valence-electron chi connectivity index (χ0n) is 16.2. The van der Waals surface area contributed by atoms with Crippen LogP contribution in [0.4, 0.5) is 0 Å². The van der Waals surface area contributed by atoms with E-state index < -0.39 is 5.54 Å². The number of rotatable bonds is 7. The van der Waals surface area contributed by atoms with Crippen LogP contribution in [0, 0.1) is 17.2 Å². The maximum atomic E-state index is 12.3. The number of carbonyl (C=O) groups excluding carboxylic acids is 1. The molecule has 1 fully saturated rings. The summed E-state index contributed by atoms with van der Waals surface area (Å²) in [4.78, 5) is 15.2. The monoisotopic (exact) mass is 356 g/mol. The van der Waals surface area contributed by atoms with Gasteiger partial charge in [-0.3, -0.25) is 4.79 Å². The molecule has 5 heteroatoms. The first-order chi connectivity index (χ1) is 12.4. The number of nitriles is 1. The fourth-order valence-electron chi connectivity index (χ4n) is 3.13. The predicted octanol–water partition coefficient (Wildman–Crippen LogP) is -0.462. The summed E-state index contributed by atoms with van der Waals surface area (Å²) in [6.07, 6.45) is 4.41. The van der Waals surface area contributed by atoms with Crippen LogP contribution in [0.5, 0.6) is 0 Å². The lowest BCUT2D eigenvalue weighted by Crippen LogP contribution is -3.28. The van der Waals surface area contributed by atoms with Crippen LogP contribution in [-0.2, 0) is 4.79 Å². The van der Waals surface area contributed by atoms with Gasteiger partial charge in [0.25, 0.3) is 5.91 Å². The first-order valence-corrected chi connectivity index (χ1v) is 9.54. The summed E-state index contributed by atoms with van der Waals surface area (Å²) >= 11 is 0. The lowest BCUT2D eigenvalue weighted by Gasteiger charge is -2.31. The topological polar surface area (TPSA) is 61.8 Å². The molecule has 0 radical (unpaired) electrons. The van der Waals surface area contributed by atoms with Crippen LogP contribution in [0.15, 0.2) is 36.4 Å². The number of nitrogens with one attached hydrogen (secondary N) is 3. The Labute approximate surface area is 157 Å². The zero-order valence-corrected chi connectivity index (χ0v) is 16.2. The molecule has 0 aliphatic carbocycles. The fourth-order valence-corrected chi connectivity index (χ4v) is 3.13. The van der Waals surface area contributed by atoms with Crippen molar-refractivity contribution in [1.82, 2.24) is 5.32 Å². The van der Waals surface area contributed by atoms with Crippen molar-refractivity contribution >= 4 is 12.0 Å². The van der Waals surface area contributed by atoms with Gasteiger partial charge < -0.3 is 15.1 Å². The molecule has 2 rings (SSSR count). The Balaban J connectivity index is 1.72. The van der Waals surface area contributed by atoms with Crippen molar-refractivity contribution in [2.75, 3.05) is 39.3 Å². The Bertz CT molecular complexity index is 642. The molecule has 1 aliphatic rings. The van der Waals surface area contributed by atoms with E-state index in [4.69, 9.17) is 0 Å². The summed E-state index contributed by atoms with van der Waals surface area (Å²) in [7, 11) is 0. The first kappa shape index (κ1) is 20.2. The largest absolute Gasteiger partial charge is 0.333 e. The van der Waals surface area contributed by atoms with E-state index in [-0.39, 0.29) is 11.8 Å².